The number of hydrogen-bond donors (Lipinski definition) is 2. The number of methoxy groups -OCH3 is 1. The van der Waals surface area contributed by atoms with Gasteiger partial charge in [0.2, 0.25) is 5.91 Å². The second-order valence-corrected chi connectivity index (χ2v) is 8.88. The third kappa shape index (κ3) is 4.06. The molecule has 2 aromatic carbocycles. The molecule has 0 spiro atoms. The summed E-state index contributed by atoms with van der Waals surface area (Å²) in [6, 6.07) is 12.5. The lowest BCUT2D eigenvalue weighted by Crippen LogP contribution is -2.23. The number of rotatable bonds is 7. The van der Waals surface area contributed by atoms with Crippen LogP contribution >= 0.6 is 22.9 Å². The van der Waals surface area contributed by atoms with Crippen molar-refractivity contribution >= 4 is 40.5 Å². The molecule has 1 atom stereocenters. The molecule has 1 amide bonds. The fourth-order valence-corrected chi connectivity index (χ4v) is 5.27. The third-order valence-corrected chi connectivity index (χ3v) is 6.83. The molecule has 0 saturated carbocycles. The fourth-order valence-electron chi connectivity index (χ4n) is 3.91. The molecule has 32 heavy (non-hydrogen) atoms. The SMILES string of the molecule is CCCOc1c(OC)cccc1[C@H]1CC(=O)Nc2c1sc(C(=O)O)c2-c1ccc(Cl)cc1. The lowest BCUT2D eigenvalue weighted by molar-refractivity contribution is -0.116. The van der Waals surface area contributed by atoms with Crippen molar-refractivity contribution in [3.8, 4) is 22.6 Å². The number of ether oxygens (including phenoxy) is 2. The normalized spacial score (nSPS) is 15.1. The van der Waals surface area contributed by atoms with Crippen molar-refractivity contribution in [3.63, 3.8) is 0 Å². The summed E-state index contributed by atoms with van der Waals surface area (Å²) in [4.78, 5) is 25.8. The molecular formula is C24H22ClNO5S. The van der Waals surface area contributed by atoms with Crippen molar-refractivity contribution in [3.05, 3.63) is 62.8 Å². The molecule has 166 valence electrons. The van der Waals surface area contributed by atoms with Gasteiger partial charge in [-0.15, -0.1) is 11.3 Å². The summed E-state index contributed by atoms with van der Waals surface area (Å²) in [5.41, 5.74) is 2.50. The van der Waals surface area contributed by atoms with Gasteiger partial charge in [0, 0.05) is 33.4 Å². The molecule has 0 saturated heterocycles. The summed E-state index contributed by atoms with van der Waals surface area (Å²) in [5.74, 6) is -0.422. The van der Waals surface area contributed by atoms with Gasteiger partial charge in [-0.05, 0) is 30.2 Å². The largest absolute Gasteiger partial charge is 0.493 e. The lowest BCUT2D eigenvalue weighted by Gasteiger charge is -2.26. The van der Waals surface area contributed by atoms with E-state index in [0.29, 0.717) is 39.9 Å². The first-order valence-corrected chi connectivity index (χ1v) is 11.4. The van der Waals surface area contributed by atoms with Gasteiger partial charge < -0.3 is 19.9 Å². The molecule has 1 aliphatic rings. The number of hydrogen-bond acceptors (Lipinski definition) is 5. The number of anilines is 1. The van der Waals surface area contributed by atoms with E-state index in [9.17, 15) is 14.7 Å². The molecule has 3 aromatic rings. The first-order valence-electron chi connectivity index (χ1n) is 10.2. The standard InChI is InChI=1S/C24H22ClNO5S/c1-3-11-31-21-15(5-4-6-17(21)30-2)16-12-18(27)26-20-19(13-7-9-14(25)10-8-13)23(24(28)29)32-22(16)20/h4-10,16H,3,11-12H2,1-2H3,(H,26,27)(H,28,29)/t16-/m1/s1. The maximum atomic E-state index is 12.8. The van der Waals surface area contributed by atoms with Crippen molar-refractivity contribution in [2.45, 2.75) is 25.7 Å². The quantitative estimate of drug-likeness (QED) is 0.439. The van der Waals surface area contributed by atoms with E-state index in [1.165, 1.54) is 11.3 Å². The molecular weight excluding hydrogens is 450 g/mol. The molecule has 4 rings (SSSR count). The molecule has 8 heteroatoms. The van der Waals surface area contributed by atoms with Gasteiger partial charge in [0.25, 0.3) is 0 Å². The number of carboxylic acid groups (broad SMARTS) is 1. The zero-order valence-electron chi connectivity index (χ0n) is 17.6. The number of carbonyl (C=O) groups excluding carboxylic acids is 1. The van der Waals surface area contributed by atoms with Crippen LogP contribution in [0, 0.1) is 0 Å². The Morgan fingerprint density at radius 3 is 2.66 bits per heavy atom. The van der Waals surface area contributed by atoms with E-state index in [2.05, 4.69) is 5.32 Å². The highest BCUT2D eigenvalue weighted by atomic mass is 35.5. The average Bonchev–Trinajstić information content (AvgIpc) is 3.17. The van der Waals surface area contributed by atoms with E-state index < -0.39 is 5.97 Å². The monoisotopic (exact) mass is 471 g/mol. The number of carboxylic acids is 1. The van der Waals surface area contributed by atoms with Gasteiger partial charge >= 0.3 is 5.97 Å². The Morgan fingerprint density at radius 1 is 1.25 bits per heavy atom. The van der Waals surface area contributed by atoms with E-state index in [1.54, 1.807) is 31.4 Å². The predicted octanol–water partition coefficient (Wildman–Crippen LogP) is 6.04. The van der Waals surface area contributed by atoms with Crippen LogP contribution in [0.1, 0.15) is 45.8 Å². The van der Waals surface area contributed by atoms with Crippen LogP contribution in [0.25, 0.3) is 11.1 Å². The van der Waals surface area contributed by atoms with Gasteiger partial charge in [-0.1, -0.05) is 42.8 Å². The zero-order chi connectivity index (χ0) is 22.8. The average molecular weight is 472 g/mol. The second kappa shape index (κ2) is 9.22. The van der Waals surface area contributed by atoms with Gasteiger partial charge in [0.05, 0.1) is 19.4 Å². The summed E-state index contributed by atoms with van der Waals surface area (Å²) in [6.45, 7) is 2.51. The number of halogens is 1. The van der Waals surface area contributed by atoms with Crippen LogP contribution < -0.4 is 14.8 Å². The molecule has 0 fully saturated rings. The van der Waals surface area contributed by atoms with Gasteiger partial charge in [0.1, 0.15) is 4.88 Å². The van der Waals surface area contributed by atoms with E-state index in [4.69, 9.17) is 21.1 Å². The minimum absolute atomic E-state index is 0.170. The molecule has 2 N–H and O–H groups in total. The minimum Gasteiger partial charge on any atom is -0.493 e. The highest BCUT2D eigenvalue weighted by molar-refractivity contribution is 7.15. The first-order chi connectivity index (χ1) is 15.4. The van der Waals surface area contributed by atoms with Crippen LogP contribution in [0.5, 0.6) is 11.5 Å². The van der Waals surface area contributed by atoms with E-state index in [0.717, 1.165) is 16.9 Å². The van der Waals surface area contributed by atoms with Crippen LogP contribution in [0.4, 0.5) is 5.69 Å². The van der Waals surface area contributed by atoms with Crippen molar-refractivity contribution in [2.24, 2.45) is 0 Å². The zero-order valence-corrected chi connectivity index (χ0v) is 19.2. The second-order valence-electron chi connectivity index (χ2n) is 7.39. The molecule has 0 unspecified atom stereocenters. The summed E-state index contributed by atoms with van der Waals surface area (Å²) in [6.07, 6.45) is 0.999. The molecule has 0 aliphatic carbocycles. The predicted molar refractivity (Wildman–Crippen MR) is 126 cm³/mol. The number of aromatic carboxylic acids is 1. The van der Waals surface area contributed by atoms with Crippen molar-refractivity contribution in [1.82, 2.24) is 0 Å². The molecule has 6 nitrogen and oxygen atoms in total. The van der Waals surface area contributed by atoms with Crippen LogP contribution in [0.15, 0.2) is 42.5 Å². The fraction of sp³-hybridized carbons (Fsp3) is 0.250. The highest BCUT2D eigenvalue weighted by Gasteiger charge is 2.36. The smallest absolute Gasteiger partial charge is 0.346 e. The van der Waals surface area contributed by atoms with Crippen LogP contribution in [0.3, 0.4) is 0 Å². The molecule has 0 bridgehead atoms. The molecule has 1 aromatic heterocycles. The molecule has 2 heterocycles. The Bertz CT molecular complexity index is 1170. The van der Waals surface area contributed by atoms with Crippen LogP contribution in [0.2, 0.25) is 5.02 Å². The number of para-hydroxylation sites is 1. The lowest BCUT2D eigenvalue weighted by atomic mass is 9.88. The minimum atomic E-state index is -1.05. The van der Waals surface area contributed by atoms with Crippen molar-refractivity contribution in [1.29, 1.82) is 0 Å². The third-order valence-electron chi connectivity index (χ3n) is 5.29. The number of thiophene rings is 1. The topological polar surface area (TPSA) is 84.9 Å². The van der Waals surface area contributed by atoms with E-state index in [-0.39, 0.29) is 23.1 Å². The number of nitrogens with one attached hydrogen (secondary N) is 1. The molecule has 1 aliphatic heterocycles. The number of benzene rings is 2. The first kappa shape index (κ1) is 22.2. The Balaban J connectivity index is 1.92. The summed E-state index contributed by atoms with van der Waals surface area (Å²) < 4.78 is 11.5. The van der Waals surface area contributed by atoms with Crippen molar-refractivity contribution < 1.29 is 24.2 Å². The summed E-state index contributed by atoms with van der Waals surface area (Å²) >= 11 is 7.20. The number of carbonyl (C=O) groups is 2. The maximum absolute atomic E-state index is 12.8. The Morgan fingerprint density at radius 2 is 2.00 bits per heavy atom. The maximum Gasteiger partial charge on any atom is 0.346 e. The van der Waals surface area contributed by atoms with Gasteiger partial charge in [-0.2, -0.15) is 0 Å². The Kier molecular flexibility index (Phi) is 6.39. The number of amides is 1. The van der Waals surface area contributed by atoms with Crippen LogP contribution in [-0.2, 0) is 4.79 Å². The number of fused-ring (bicyclic) bond motifs is 1. The van der Waals surface area contributed by atoms with E-state index in [1.807, 2.05) is 25.1 Å². The van der Waals surface area contributed by atoms with Gasteiger partial charge in [0.15, 0.2) is 11.5 Å². The van der Waals surface area contributed by atoms with Gasteiger partial charge in [-0.3, -0.25) is 4.79 Å². The van der Waals surface area contributed by atoms with Crippen LogP contribution in [-0.4, -0.2) is 30.7 Å². The van der Waals surface area contributed by atoms with E-state index >= 15 is 0 Å². The Hall–Kier alpha value is -3.03. The summed E-state index contributed by atoms with van der Waals surface area (Å²) in [7, 11) is 1.57. The van der Waals surface area contributed by atoms with Crippen molar-refractivity contribution in [2.75, 3.05) is 19.0 Å². The summed E-state index contributed by atoms with van der Waals surface area (Å²) in [5, 5.41) is 13.4. The Labute approximate surface area is 194 Å². The van der Waals surface area contributed by atoms with Gasteiger partial charge in [-0.25, -0.2) is 4.79 Å². The highest BCUT2D eigenvalue weighted by Crippen LogP contribution is 2.51. The molecule has 0 radical (unpaired) electrons.